The van der Waals surface area contributed by atoms with Crippen molar-refractivity contribution in [1.29, 1.82) is 0 Å². The van der Waals surface area contributed by atoms with Crippen molar-refractivity contribution in [2.75, 3.05) is 18.1 Å². The van der Waals surface area contributed by atoms with Gasteiger partial charge in [0.25, 0.3) is 5.91 Å². The molecule has 1 aliphatic heterocycles. The number of sulfone groups is 1. The lowest BCUT2D eigenvalue weighted by atomic mass is 10.1. The van der Waals surface area contributed by atoms with E-state index in [1.54, 1.807) is 41.3 Å². The van der Waals surface area contributed by atoms with Crippen LogP contribution in [0.25, 0.3) is 0 Å². The maximum absolute atomic E-state index is 13.2. The van der Waals surface area contributed by atoms with Crippen molar-refractivity contribution >= 4 is 31.7 Å². The summed E-state index contributed by atoms with van der Waals surface area (Å²) in [6.07, 6.45) is 3.70. The molecule has 2 heterocycles. The first-order valence-electron chi connectivity index (χ1n) is 9.86. The molecule has 1 fully saturated rings. The summed E-state index contributed by atoms with van der Waals surface area (Å²) >= 11 is 3.26. The van der Waals surface area contributed by atoms with E-state index < -0.39 is 9.84 Å². The third kappa shape index (κ3) is 6.09. The zero-order valence-corrected chi connectivity index (χ0v) is 18.9. The molecule has 1 aromatic heterocycles. The van der Waals surface area contributed by atoms with Gasteiger partial charge in [-0.1, -0.05) is 19.8 Å². The topological polar surface area (TPSA) is 76.8 Å². The van der Waals surface area contributed by atoms with Crippen LogP contribution < -0.4 is 4.74 Å². The van der Waals surface area contributed by atoms with Crippen LogP contribution in [0.15, 0.2) is 45.5 Å². The van der Waals surface area contributed by atoms with Gasteiger partial charge in [0.15, 0.2) is 14.5 Å². The van der Waals surface area contributed by atoms with Crippen molar-refractivity contribution in [1.82, 2.24) is 4.90 Å². The Morgan fingerprint density at radius 2 is 1.97 bits per heavy atom. The molecule has 1 amide bonds. The van der Waals surface area contributed by atoms with Crippen LogP contribution in [0.5, 0.6) is 5.75 Å². The van der Waals surface area contributed by atoms with Gasteiger partial charge in [0.1, 0.15) is 11.5 Å². The Bertz CT molecular complexity index is 923. The summed E-state index contributed by atoms with van der Waals surface area (Å²) in [5.74, 6) is 1.21. The molecule has 158 valence electrons. The van der Waals surface area contributed by atoms with Crippen LogP contribution in [-0.4, -0.2) is 43.4 Å². The minimum absolute atomic E-state index is 0.0146. The van der Waals surface area contributed by atoms with Gasteiger partial charge in [0.05, 0.1) is 24.7 Å². The van der Waals surface area contributed by atoms with Gasteiger partial charge in [-0.05, 0) is 65.2 Å². The molecule has 2 aromatic rings. The highest BCUT2D eigenvalue weighted by Gasteiger charge is 2.35. The lowest BCUT2D eigenvalue weighted by molar-refractivity contribution is 0.0665. The lowest BCUT2D eigenvalue weighted by Crippen LogP contribution is -2.40. The van der Waals surface area contributed by atoms with E-state index in [2.05, 4.69) is 22.9 Å². The number of halogens is 1. The summed E-state index contributed by atoms with van der Waals surface area (Å²) < 4.78 is 35.8. The standard InChI is InChI=1S/C21H26BrNO5S/c1-2-3-4-12-27-18-7-5-16(6-8-18)21(24)23(14-19-9-10-20(22)28-19)17-11-13-29(25,26)15-17/h5-10,17H,2-4,11-15H2,1H3/t17-/m1/s1. The second kappa shape index (κ2) is 9.80. The molecule has 0 bridgehead atoms. The average Bonchev–Trinajstić information content (AvgIpc) is 3.27. The van der Waals surface area contributed by atoms with Crippen molar-refractivity contribution in [3.05, 3.63) is 52.4 Å². The summed E-state index contributed by atoms with van der Waals surface area (Å²) in [6.45, 7) is 3.02. The normalized spacial score (nSPS) is 17.9. The number of rotatable bonds is 9. The zero-order valence-electron chi connectivity index (χ0n) is 16.5. The van der Waals surface area contributed by atoms with Gasteiger partial charge >= 0.3 is 0 Å². The van der Waals surface area contributed by atoms with Gasteiger partial charge in [-0.2, -0.15) is 0 Å². The van der Waals surface area contributed by atoms with Gasteiger partial charge in [-0.3, -0.25) is 4.79 Å². The first-order chi connectivity index (χ1) is 13.9. The summed E-state index contributed by atoms with van der Waals surface area (Å²) in [4.78, 5) is 14.8. The van der Waals surface area contributed by atoms with E-state index in [-0.39, 0.29) is 30.0 Å². The lowest BCUT2D eigenvalue weighted by Gasteiger charge is -2.27. The molecule has 0 radical (unpaired) electrons. The second-order valence-corrected chi connectivity index (χ2v) is 10.3. The van der Waals surface area contributed by atoms with Crippen LogP contribution in [-0.2, 0) is 16.4 Å². The van der Waals surface area contributed by atoms with Crippen LogP contribution >= 0.6 is 15.9 Å². The maximum Gasteiger partial charge on any atom is 0.254 e. The Labute approximate surface area is 180 Å². The zero-order chi connectivity index (χ0) is 20.9. The summed E-state index contributed by atoms with van der Waals surface area (Å²) in [5, 5.41) is 0. The van der Waals surface area contributed by atoms with E-state index in [1.807, 2.05) is 0 Å². The van der Waals surface area contributed by atoms with Crippen LogP contribution in [0.1, 0.15) is 48.7 Å². The van der Waals surface area contributed by atoms with Crippen LogP contribution in [0.3, 0.4) is 0 Å². The van der Waals surface area contributed by atoms with Gasteiger partial charge in [0.2, 0.25) is 0 Å². The smallest absolute Gasteiger partial charge is 0.254 e. The highest BCUT2D eigenvalue weighted by molar-refractivity contribution is 9.10. The first kappa shape index (κ1) is 21.9. The largest absolute Gasteiger partial charge is 0.494 e. The predicted molar refractivity (Wildman–Crippen MR) is 115 cm³/mol. The number of hydrogen-bond acceptors (Lipinski definition) is 5. The van der Waals surface area contributed by atoms with Crippen molar-refractivity contribution in [2.24, 2.45) is 0 Å². The van der Waals surface area contributed by atoms with Gasteiger partial charge in [0, 0.05) is 11.6 Å². The van der Waals surface area contributed by atoms with Crippen LogP contribution in [0, 0.1) is 0 Å². The number of unbranched alkanes of at least 4 members (excludes halogenated alkanes) is 2. The van der Waals surface area contributed by atoms with E-state index in [4.69, 9.17) is 9.15 Å². The molecular weight excluding hydrogens is 458 g/mol. The Morgan fingerprint density at radius 3 is 2.55 bits per heavy atom. The molecule has 0 spiro atoms. The summed E-state index contributed by atoms with van der Waals surface area (Å²) in [5.41, 5.74) is 0.501. The Hall–Kier alpha value is -1.80. The molecule has 6 nitrogen and oxygen atoms in total. The molecule has 0 saturated carbocycles. The molecule has 29 heavy (non-hydrogen) atoms. The maximum atomic E-state index is 13.2. The molecule has 1 atom stereocenters. The molecule has 0 N–H and O–H groups in total. The minimum Gasteiger partial charge on any atom is -0.494 e. The van der Waals surface area contributed by atoms with E-state index >= 15 is 0 Å². The average molecular weight is 484 g/mol. The molecule has 0 aliphatic carbocycles. The van der Waals surface area contributed by atoms with Gasteiger partial charge < -0.3 is 14.1 Å². The van der Waals surface area contributed by atoms with Gasteiger partial charge in [-0.25, -0.2) is 8.42 Å². The summed E-state index contributed by atoms with van der Waals surface area (Å²) in [7, 11) is -3.12. The molecule has 8 heteroatoms. The predicted octanol–water partition coefficient (Wildman–Crippen LogP) is 4.44. The fraction of sp³-hybridized carbons (Fsp3) is 0.476. The van der Waals surface area contributed by atoms with E-state index in [9.17, 15) is 13.2 Å². The van der Waals surface area contributed by atoms with E-state index in [1.165, 1.54) is 0 Å². The minimum atomic E-state index is -3.12. The molecule has 3 rings (SSSR count). The molecule has 1 aliphatic rings. The Kier molecular flexibility index (Phi) is 7.40. The third-order valence-electron chi connectivity index (χ3n) is 4.98. The number of nitrogens with zero attached hydrogens (tertiary/aromatic N) is 1. The van der Waals surface area contributed by atoms with Gasteiger partial charge in [-0.15, -0.1) is 0 Å². The monoisotopic (exact) mass is 483 g/mol. The van der Waals surface area contributed by atoms with Crippen molar-refractivity contribution < 1.29 is 22.4 Å². The fourth-order valence-electron chi connectivity index (χ4n) is 3.39. The number of carbonyl (C=O) groups excluding carboxylic acids is 1. The number of hydrogen-bond donors (Lipinski definition) is 0. The third-order valence-corrected chi connectivity index (χ3v) is 7.16. The summed E-state index contributed by atoms with van der Waals surface area (Å²) in [6, 6.07) is 10.2. The highest BCUT2D eigenvalue weighted by Crippen LogP contribution is 2.25. The number of carbonyl (C=O) groups is 1. The first-order valence-corrected chi connectivity index (χ1v) is 12.5. The van der Waals surface area contributed by atoms with Crippen LogP contribution in [0.2, 0.25) is 0 Å². The highest BCUT2D eigenvalue weighted by atomic mass is 79.9. The number of amides is 1. The molecule has 0 unspecified atom stereocenters. The molecule has 1 aromatic carbocycles. The number of benzene rings is 1. The Balaban J connectivity index is 1.73. The second-order valence-electron chi connectivity index (χ2n) is 7.28. The van der Waals surface area contributed by atoms with Crippen molar-refractivity contribution in [3.63, 3.8) is 0 Å². The van der Waals surface area contributed by atoms with E-state index in [0.29, 0.717) is 29.0 Å². The van der Waals surface area contributed by atoms with Crippen molar-refractivity contribution in [3.8, 4) is 5.75 Å². The van der Waals surface area contributed by atoms with Crippen molar-refractivity contribution in [2.45, 2.75) is 45.2 Å². The molecular formula is C21H26BrNO5S. The van der Waals surface area contributed by atoms with E-state index in [0.717, 1.165) is 25.0 Å². The quantitative estimate of drug-likeness (QED) is 0.492. The molecule has 1 saturated heterocycles. The number of furan rings is 1. The SMILES string of the molecule is CCCCCOc1ccc(C(=O)N(Cc2ccc(Br)o2)[C@@H]2CCS(=O)(=O)C2)cc1. The fourth-order valence-corrected chi connectivity index (χ4v) is 5.46. The van der Waals surface area contributed by atoms with Crippen LogP contribution in [0.4, 0.5) is 0 Å². The number of ether oxygens (including phenoxy) is 1. The Morgan fingerprint density at radius 1 is 1.21 bits per heavy atom.